The Labute approximate surface area is 88.5 Å². The lowest BCUT2D eigenvalue weighted by Gasteiger charge is -2.10. The van der Waals surface area contributed by atoms with Gasteiger partial charge in [0, 0.05) is 12.6 Å². The van der Waals surface area contributed by atoms with E-state index in [1.165, 1.54) is 0 Å². The van der Waals surface area contributed by atoms with Gasteiger partial charge in [-0.05, 0) is 5.56 Å². The molecule has 0 bridgehead atoms. The Morgan fingerprint density at radius 2 is 2.00 bits per heavy atom. The van der Waals surface area contributed by atoms with Crippen LogP contribution in [0.5, 0.6) is 0 Å². The Hall–Kier alpha value is -1.26. The van der Waals surface area contributed by atoms with E-state index in [-0.39, 0.29) is 25.0 Å². The fourth-order valence-corrected chi connectivity index (χ4v) is 1.02. The summed E-state index contributed by atoms with van der Waals surface area (Å²) in [5, 5.41) is 10.6. The van der Waals surface area contributed by atoms with Gasteiger partial charge in [-0.1, -0.05) is 30.3 Å². The molecule has 0 aliphatic carbocycles. The molecule has 4 nitrogen and oxygen atoms in total. The standard InChI is InChI=1S/C9H12N2O2.ClH/c10-8(6-11-9(12)13)7-4-2-1-3-5-7;/h1-5,8,11H,6,10H2,(H,12,13);1H. The van der Waals surface area contributed by atoms with Crippen molar-refractivity contribution >= 4 is 18.5 Å². The smallest absolute Gasteiger partial charge is 0.404 e. The van der Waals surface area contributed by atoms with Gasteiger partial charge in [-0.15, -0.1) is 12.4 Å². The highest BCUT2D eigenvalue weighted by Gasteiger charge is 2.05. The van der Waals surface area contributed by atoms with E-state index in [9.17, 15) is 4.79 Å². The maximum absolute atomic E-state index is 10.2. The maximum atomic E-state index is 10.2. The molecule has 0 aromatic heterocycles. The SMILES string of the molecule is Cl.NC(CNC(=O)O)c1ccccc1. The van der Waals surface area contributed by atoms with Crippen LogP contribution in [0.3, 0.4) is 0 Å². The lowest BCUT2D eigenvalue weighted by atomic mass is 10.1. The van der Waals surface area contributed by atoms with Crippen molar-refractivity contribution in [3.63, 3.8) is 0 Å². The minimum absolute atomic E-state index is 0. The molecule has 0 heterocycles. The molecular weight excluding hydrogens is 204 g/mol. The zero-order valence-corrected chi connectivity index (χ0v) is 8.33. The molecule has 0 radical (unpaired) electrons. The predicted molar refractivity (Wildman–Crippen MR) is 56.6 cm³/mol. The molecule has 1 rings (SSSR count). The maximum Gasteiger partial charge on any atom is 0.404 e. The van der Waals surface area contributed by atoms with Crippen LogP contribution in [-0.2, 0) is 0 Å². The van der Waals surface area contributed by atoms with Crippen molar-refractivity contribution in [3.05, 3.63) is 35.9 Å². The zero-order chi connectivity index (χ0) is 9.68. The first kappa shape index (κ1) is 12.7. The third-order valence-corrected chi connectivity index (χ3v) is 1.70. The van der Waals surface area contributed by atoms with Gasteiger partial charge in [0.05, 0.1) is 0 Å². The lowest BCUT2D eigenvalue weighted by molar-refractivity contribution is 0.193. The van der Waals surface area contributed by atoms with Gasteiger partial charge in [-0.2, -0.15) is 0 Å². The summed E-state index contributed by atoms with van der Waals surface area (Å²) in [6, 6.07) is 9.09. The lowest BCUT2D eigenvalue weighted by Crippen LogP contribution is -2.30. The van der Waals surface area contributed by atoms with E-state index >= 15 is 0 Å². The van der Waals surface area contributed by atoms with Gasteiger partial charge in [-0.3, -0.25) is 0 Å². The number of nitrogens with one attached hydrogen (secondary N) is 1. The summed E-state index contributed by atoms with van der Waals surface area (Å²) in [6.07, 6.45) is -1.05. The zero-order valence-electron chi connectivity index (χ0n) is 7.51. The summed E-state index contributed by atoms with van der Waals surface area (Å²) >= 11 is 0. The molecule has 1 unspecified atom stereocenters. The number of nitrogens with two attached hydrogens (primary N) is 1. The van der Waals surface area contributed by atoms with Gasteiger partial charge < -0.3 is 16.2 Å². The van der Waals surface area contributed by atoms with Crippen molar-refractivity contribution < 1.29 is 9.90 Å². The quantitative estimate of drug-likeness (QED) is 0.715. The number of hydrogen-bond donors (Lipinski definition) is 3. The molecule has 0 fully saturated rings. The van der Waals surface area contributed by atoms with Crippen molar-refractivity contribution in [1.29, 1.82) is 0 Å². The molecule has 0 aliphatic rings. The number of halogens is 1. The fraction of sp³-hybridized carbons (Fsp3) is 0.222. The summed E-state index contributed by atoms with van der Waals surface area (Å²) in [6.45, 7) is 0.235. The third-order valence-electron chi connectivity index (χ3n) is 1.70. The average Bonchev–Trinajstić information content (AvgIpc) is 2.15. The topological polar surface area (TPSA) is 75.3 Å². The van der Waals surface area contributed by atoms with E-state index in [0.29, 0.717) is 0 Å². The van der Waals surface area contributed by atoms with Gasteiger partial charge in [0.2, 0.25) is 0 Å². The van der Waals surface area contributed by atoms with Crippen LogP contribution in [0.4, 0.5) is 4.79 Å². The summed E-state index contributed by atoms with van der Waals surface area (Å²) < 4.78 is 0. The summed E-state index contributed by atoms with van der Waals surface area (Å²) in [5.41, 5.74) is 6.64. The first-order chi connectivity index (χ1) is 6.20. The molecule has 4 N–H and O–H groups in total. The average molecular weight is 217 g/mol. The van der Waals surface area contributed by atoms with E-state index < -0.39 is 6.09 Å². The van der Waals surface area contributed by atoms with Gasteiger partial charge >= 0.3 is 6.09 Å². The first-order valence-electron chi connectivity index (χ1n) is 3.97. The molecule has 1 aromatic carbocycles. The highest BCUT2D eigenvalue weighted by Crippen LogP contribution is 2.07. The Bertz CT molecular complexity index is 279. The number of amides is 1. The molecule has 1 amide bonds. The van der Waals surface area contributed by atoms with Crippen LogP contribution in [0.1, 0.15) is 11.6 Å². The van der Waals surface area contributed by atoms with Crippen LogP contribution in [-0.4, -0.2) is 17.7 Å². The normalized spacial score (nSPS) is 11.2. The number of benzene rings is 1. The first-order valence-corrected chi connectivity index (χ1v) is 3.97. The highest BCUT2D eigenvalue weighted by atomic mass is 35.5. The Balaban J connectivity index is 0.00000169. The van der Waals surface area contributed by atoms with Gasteiger partial charge in [0.25, 0.3) is 0 Å². The van der Waals surface area contributed by atoms with Crippen molar-refractivity contribution in [2.75, 3.05) is 6.54 Å². The molecule has 0 spiro atoms. The Morgan fingerprint density at radius 3 is 2.50 bits per heavy atom. The number of rotatable bonds is 3. The summed E-state index contributed by atoms with van der Waals surface area (Å²) in [4.78, 5) is 10.2. The van der Waals surface area contributed by atoms with E-state index in [2.05, 4.69) is 5.32 Å². The number of carboxylic acid groups (broad SMARTS) is 1. The minimum Gasteiger partial charge on any atom is -0.465 e. The largest absolute Gasteiger partial charge is 0.465 e. The van der Waals surface area contributed by atoms with Gasteiger partial charge in [0.1, 0.15) is 0 Å². The second kappa shape index (κ2) is 6.23. The van der Waals surface area contributed by atoms with Gasteiger partial charge in [-0.25, -0.2) is 4.79 Å². The van der Waals surface area contributed by atoms with Crippen LogP contribution < -0.4 is 11.1 Å². The second-order valence-electron chi connectivity index (χ2n) is 2.70. The van der Waals surface area contributed by atoms with Crippen LogP contribution in [0.25, 0.3) is 0 Å². The van der Waals surface area contributed by atoms with Crippen LogP contribution in [0.15, 0.2) is 30.3 Å². The molecule has 14 heavy (non-hydrogen) atoms. The van der Waals surface area contributed by atoms with Crippen molar-refractivity contribution in [1.82, 2.24) is 5.32 Å². The number of hydrogen-bond acceptors (Lipinski definition) is 2. The van der Waals surface area contributed by atoms with Gasteiger partial charge in [0.15, 0.2) is 0 Å². The molecule has 5 heteroatoms. The molecule has 0 saturated heterocycles. The molecular formula is C9H13ClN2O2. The predicted octanol–water partition coefficient (Wildman–Crippen LogP) is 1.38. The second-order valence-corrected chi connectivity index (χ2v) is 2.70. The van der Waals surface area contributed by atoms with Crippen molar-refractivity contribution in [3.8, 4) is 0 Å². The van der Waals surface area contributed by atoms with Crippen molar-refractivity contribution in [2.24, 2.45) is 5.73 Å². The highest BCUT2D eigenvalue weighted by molar-refractivity contribution is 5.85. The van der Waals surface area contributed by atoms with E-state index in [0.717, 1.165) is 5.56 Å². The monoisotopic (exact) mass is 216 g/mol. The van der Waals surface area contributed by atoms with E-state index in [4.69, 9.17) is 10.8 Å². The van der Waals surface area contributed by atoms with E-state index in [1.54, 1.807) is 0 Å². The van der Waals surface area contributed by atoms with Crippen LogP contribution in [0, 0.1) is 0 Å². The Morgan fingerprint density at radius 1 is 1.43 bits per heavy atom. The molecule has 1 atom stereocenters. The fourth-order valence-electron chi connectivity index (χ4n) is 1.02. The minimum atomic E-state index is -1.05. The van der Waals surface area contributed by atoms with Crippen molar-refractivity contribution in [2.45, 2.75) is 6.04 Å². The Kier molecular flexibility index (Phi) is 5.67. The summed E-state index contributed by atoms with van der Waals surface area (Å²) in [5.74, 6) is 0. The molecule has 78 valence electrons. The number of carbonyl (C=O) groups is 1. The third kappa shape index (κ3) is 4.11. The van der Waals surface area contributed by atoms with Crippen LogP contribution in [0.2, 0.25) is 0 Å². The molecule has 1 aromatic rings. The molecule has 0 aliphatic heterocycles. The summed E-state index contributed by atoms with van der Waals surface area (Å²) in [7, 11) is 0. The van der Waals surface area contributed by atoms with E-state index in [1.807, 2.05) is 30.3 Å². The van der Waals surface area contributed by atoms with Crippen LogP contribution >= 0.6 is 12.4 Å². The molecule has 0 saturated carbocycles.